The molecule has 0 bridgehead atoms. The molecule has 0 spiro atoms. The molecule has 302 valence electrons. The second-order valence-corrected chi connectivity index (χ2v) is 16.6. The summed E-state index contributed by atoms with van der Waals surface area (Å²) < 4.78 is 0. The lowest BCUT2D eigenvalue weighted by Gasteiger charge is -2.34. The quantitative estimate of drug-likeness (QED) is 0.129. The normalized spacial score (nSPS) is 17.4. The molecular formula is C60H52N2. The van der Waals surface area contributed by atoms with Crippen molar-refractivity contribution in [3.8, 4) is 11.1 Å². The van der Waals surface area contributed by atoms with Crippen LogP contribution in [-0.2, 0) is 0 Å². The fraction of sp³-hybridized carbons (Fsp3) is 0.133. The van der Waals surface area contributed by atoms with Crippen molar-refractivity contribution in [1.82, 2.24) is 0 Å². The summed E-state index contributed by atoms with van der Waals surface area (Å²) in [6, 6.07) is 61.9. The first kappa shape index (κ1) is 39.0. The molecule has 1 unspecified atom stereocenters. The van der Waals surface area contributed by atoms with Crippen LogP contribution < -0.4 is 9.80 Å². The molecule has 0 heterocycles. The van der Waals surface area contributed by atoms with E-state index >= 15 is 0 Å². The van der Waals surface area contributed by atoms with Gasteiger partial charge in [0.2, 0.25) is 0 Å². The molecule has 6 aromatic rings. The first-order chi connectivity index (χ1) is 30.7. The molecule has 0 saturated carbocycles. The molecule has 2 nitrogen and oxygen atoms in total. The van der Waals surface area contributed by atoms with Crippen LogP contribution in [0.4, 0.5) is 17.1 Å². The van der Waals surface area contributed by atoms with Crippen molar-refractivity contribution in [2.75, 3.05) is 9.80 Å². The van der Waals surface area contributed by atoms with Gasteiger partial charge in [0, 0.05) is 40.1 Å². The van der Waals surface area contributed by atoms with Gasteiger partial charge in [0.25, 0.3) is 0 Å². The Bertz CT molecular complexity index is 2760. The lowest BCUT2D eigenvalue weighted by atomic mass is 9.82. The average Bonchev–Trinajstić information content (AvgIpc) is 3.36. The molecule has 0 aliphatic heterocycles. The van der Waals surface area contributed by atoms with Crippen molar-refractivity contribution in [3.05, 3.63) is 269 Å². The molecule has 4 aliphatic rings. The molecule has 0 saturated heterocycles. The van der Waals surface area contributed by atoms with Gasteiger partial charge < -0.3 is 9.80 Å². The minimum absolute atomic E-state index is 0.414. The number of allylic oxidation sites excluding steroid dienone is 15. The Labute approximate surface area is 367 Å². The van der Waals surface area contributed by atoms with E-state index in [0.717, 1.165) is 44.9 Å². The summed E-state index contributed by atoms with van der Waals surface area (Å²) >= 11 is 0. The highest BCUT2D eigenvalue weighted by Crippen LogP contribution is 2.44. The molecule has 0 aromatic heterocycles. The monoisotopic (exact) mass is 800 g/mol. The van der Waals surface area contributed by atoms with Gasteiger partial charge in [-0.3, -0.25) is 0 Å². The second-order valence-electron chi connectivity index (χ2n) is 16.6. The Morgan fingerprint density at radius 2 is 1.02 bits per heavy atom. The minimum Gasteiger partial charge on any atom is -0.315 e. The number of anilines is 3. The van der Waals surface area contributed by atoms with E-state index in [9.17, 15) is 0 Å². The summed E-state index contributed by atoms with van der Waals surface area (Å²) in [7, 11) is 0. The van der Waals surface area contributed by atoms with Crippen LogP contribution in [0.25, 0.3) is 22.3 Å². The molecule has 0 radical (unpaired) electrons. The molecule has 0 amide bonds. The summed E-state index contributed by atoms with van der Waals surface area (Å²) in [6.07, 6.45) is 28.0. The zero-order valence-electron chi connectivity index (χ0n) is 35.3. The zero-order chi connectivity index (χ0) is 41.5. The van der Waals surface area contributed by atoms with E-state index < -0.39 is 0 Å². The fourth-order valence-corrected chi connectivity index (χ4v) is 9.55. The van der Waals surface area contributed by atoms with Gasteiger partial charge in [-0.05, 0) is 150 Å². The first-order valence-electron chi connectivity index (χ1n) is 22.3. The third-order valence-corrected chi connectivity index (χ3v) is 12.7. The molecule has 10 rings (SSSR count). The van der Waals surface area contributed by atoms with E-state index in [-0.39, 0.29) is 0 Å². The lowest BCUT2D eigenvalue weighted by Crippen LogP contribution is -2.23. The van der Waals surface area contributed by atoms with Crippen LogP contribution in [-0.4, -0.2) is 0 Å². The van der Waals surface area contributed by atoms with Crippen molar-refractivity contribution < 1.29 is 0 Å². The van der Waals surface area contributed by atoms with Gasteiger partial charge in [0.1, 0.15) is 0 Å². The van der Waals surface area contributed by atoms with Crippen molar-refractivity contribution in [2.24, 2.45) is 0 Å². The largest absolute Gasteiger partial charge is 0.315 e. The molecular weight excluding hydrogens is 749 g/mol. The standard InChI is InChI=1S/C60H52N2/c1-6-17-45(18-7-1)48-29-35-54(36-30-48)62(55-37-31-49(32-38-55)46-19-8-2-9-20-46)58-41-42-59(60(44-58)50-23-12-4-13-24-50)51-33-39-56(40-34-51)61(53-26-14-5-15-27-53)57-28-16-25-52(43-57)47-21-10-3-11-22-47/h1-15,17-19,21-24,26-33,35-39,43-44,46H,16,20,25,34,40-42H2. The molecule has 6 aromatic carbocycles. The highest BCUT2D eigenvalue weighted by atomic mass is 15.2. The summed E-state index contributed by atoms with van der Waals surface area (Å²) in [4.78, 5) is 4.99. The number of para-hydroxylation sites is 1. The summed E-state index contributed by atoms with van der Waals surface area (Å²) in [5.74, 6) is 0.414. The van der Waals surface area contributed by atoms with Crippen LogP contribution in [0.2, 0.25) is 0 Å². The highest BCUT2D eigenvalue weighted by Gasteiger charge is 2.26. The van der Waals surface area contributed by atoms with E-state index in [1.165, 1.54) is 84.3 Å². The summed E-state index contributed by atoms with van der Waals surface area (Å²) in [6.45, 7) is 0. The first-order valence-corrected chi connectivity index (χ1v) is 22.3. The van der Waals surface area contributed by atoms with Gasteiger partial charge in [-0.2, -0.15) is 0 Å². The van der Waals surface area contributed by atoms with Gasteiger partial charge in [-0.15, -0.1) is 0 Å². The smallest absolute Gasteiger partial charge is 0.0458 e. The Morgan fingerprint density at radius 1 is 0.419 bits per heavy atom. The maximum absolute atomic E-state index is 2.50. The van der Waals surface area contributed by atoms with Gasteiger partial charge in [-0.1, -0.05) is 170 Å². The van der Waals surface area contributed by atoms with Crippen LogP contribution in [0, 0.1) is 0 Å². The molecule has 0 N–H and O–H groups in total. The number of benzene rings is 6. The van der Waals surface area contributed by atoms with E-state index in [1.54, 1.807) is 0 Å². The van der Waals surface area contributed by atoms with E-state index in [0.29, 0.717) is 5.92 Å². The number of rotatable bonds is 11. The minimum atomic E-state index is 0.414. The molecule has 2 heteroatoms. The zero-order valence-corrected chi connectivity index (χ0v) is 35.3. The molecule has 62 heavy (non-hydrogen) atoms. The van der Waals surface area contributed by atoms with Gasteiger partial charge >= 0.3 is 0 Å². The molecule has 1 atom stereocenters. The summed E-state index contributed by atoms with van der Waals surface area (Å²) in [5, 5.41) is 0. The lowest BCUT2D eigenvalue weighted by molar-refractivity contribution is 0.823. The van der Waals surface area contributed by atoms with Gasteiger partial charge in [-0.25, -0.2) is 0 Å². The van der Waals surface area contributed by atoms with Crippen LogP contribution in [0.5, 0.6) is 0 Å². The predicted octanol–water partition coefficient (Wildman–Crippen LogP) is 16.1. The van der Waals surface area contributed by atoms with Crippen molar-refractivity contribution >= 4 is 28.2 Å². The Hall–Kier alpha value is -7.16. The Morgan fingerprint density at radius 3 is 1.66 bits per heavy atom. The maximum atomic E-state index is 2.50. The van der Waals surface area contributed by atoms with E-state index in [4.69, 9.17) is 0 Å². The van der Waals surface area contributed by atoms with Crippen molar-refractivity contribution in [2.45, 2.75) is 50.9 Å². The summed E-state index contributed by atoms with van der Waals surface area (Å²) in [5.41, 5.74) is 19.5. The van der Waals surface area contributed by atoms with Crippen LogP contribution in [0.3, 0.4) is 0 Å². The SMILES string of the molecule is C1=CCC(c2ccc(N(C3=CC(c4ccccc4)=C(C4=CC=C(N(C5=CCCC(c6ccccc6)=C5)c5ccccc5)CC4)CC3)c3ccc(-c4ccccc4)cc3)cc2)C=C1. The van der Waals surface area contributed by atoms with Crippen molar-refractivity contribution in [1.29, 1.82) is 0 Å². The third-order valence-electron chi connectivity index (χ3n) is 12.7. The van der Waals surface area contributed by atoms with Crippen LogP contribution in [0.1, 0.15) is 67.6 Å². The Kier molecular flexibility index (Phi) is 11.5. The maximum Gasteiger partial charge on any atom is 0.0458 e. The number of hydrogen-bond acceptors (Lipinski definition) is 2. The van der Waals surface area contributed by atoms with Gasteiger partial charge in [0.05, 0.1) is 0 Å². The predicted molar refractivity (Wildman–Crippen MR) is 263 cm³/mol. The molecule has 4 aliphatic carbocycles. The highest BCUT2D eigenvalue weighted by molar-refractivity contribution is 5.85. The molecule has 0 fully saturated rings. The van der Waals surface area contributed by atoms with E-state index in [1.807, 2.05) is 0 Å². The van der Waals surface area contributed by atoms with Crippen LogP contribution >= 0.6 is 0 Å². The number of nitrogens with zero attached hydrogens (tertiary/aromatic N) is 2. The third kappa shape index (κ3) is 8.42. The van der Waals surface area contributed by atoms with Gasteiger partial charge in [0.15, 0.2) is 0 Å². The van der Waals surface area contributed by atoms with Crippen LogP contribution in [0.15, 0.2) is 253 Å². The van der Waals surface area contributed by atoms with E-state index in [2.05, 4.69) is 234 Å². The van der Waals surface area contributed by atoms with Crippen molar-refractivity contribution in [3.63, 3.8) is 0 Å². The second kappa shape index (κ2) is 18.2. The number of hydrogen-bond donors (Lipinski definition) is 0. The average molecular weight is 801 g/mol. The Balaban J connectivity index is 1.03. The topological polar surface area (TPSA) is 6.48 Å². The fourth-order valence-electron chi connectivity index (χ4n) is 9.55.